The van der Waals surface area contributed by atoms with Crippen LogP contribution in [-0.2, 0) is 0 Å². The molecule has 1 heterocycles. The number of hydrogen-bond donors (Lipinski definition) is 1. The Morgan fingerprint density at radius 1 is 1.43 bits per heavy atom. The highest BCUT2D eigenvalue weighted by Gasteiger charge is 2.18. The Balaban J connectivity index is 2.43. The van der Waals surface area contributed by atoms with Gasteiger partial charge in [-0.1, -0.05) is 18.5 Å². The summed E-state index contributed by atoms with van der Waals surface area (Å²) in [5.74, 6) is 1.50. The molecule has 6 heteroatoms. The van der Waals surface area contributed by atoms with E-state index in [1.54, 1.807) is 13.0 Å². The molecule has 0 amide bonds. The van der Waals surface area contributed by atoms with Crippen LogP contribution in [0.5, 0.6) is 0 Å². The van der Waals surface area contributed by atoms with Crippen molar-refractivity contribution in [2.24, 2.45) is 0 Å². The van der Waals surface area contributed by atoms with Crippen molar-refractivity contribution < 1.29 is 9.34 Å². The van der Waals surface area contributed by atoms with Gasteiger partial charge in [-0.2, -0.15) is 0 Å². The Kier molecular flexibility index (Phi) is 4.65. The number of nitrogens with one attached hydrogen (secondary N) is 1. The molecule has 0 saturated carbocycles. The highest BCUT2D eigenvalue weighted by atomic mass is 35.5. The van der Waals surface area contributed by atoms with Crippen LogP contribution in [0.1, 0.15) is 30.7 Å². The quantitative estimate of drug-likeness (QED) is 0.653. The molecule has 0 aliphatic rings. The normalized spacial score (nSPS) is 12.4. The number of halogens is 1. The van der Waals surface area contributed by atoms with Crippen molar-refractivity contribution in [1.82, 2.24) is 5.32 Å². The average Bonchev–Trinajstić information content (AvgIpc) is 2.91. The predicted molar refractivity (Wildman–Crippen MR) is 82.6 cm³/mol. The van der Waals surface area contributed by atoms with Crippen LogP contribution in [0.15, 0.2) is 28.7 Å². The van der Waals surface area contributed by atoms with Crippen LogP contribution < -0.4 is 5.32 Å². The molecule has 1 aromatic heterocycles. The Labute approximate surface area is 128 Å². The average molecular weight is 309 g/mol. The van der Waals surface area contributed by atoms with Crippen molar-refractivity contribution in [2.75, 3.05) is 7.05 Å². The first-order chi connectivity index (χ1) is 9.97. The van der Waals surface area contributed by atoms with Gasteiger partial charge in [0.25, 0.3) is 5.69 Å². The van der Waals surface area contributed by atoms with Crippen LogP contribution in [0, 0.1) is 17.0 Å². The largest absolute Gasteiger partial charge is 0.459 e. The molecule has 1 N–H and O–H groups in total. The van der Waals surface area contributed by atoms with E-state index in [1.165, 1.54) is 6.07 Å². The summed E-state index contributed by atoms with van der Waals surface area (Å²) in [5.41, 5.74) is 1.43. The van der Waals surface area contributed by atoms with E-state index >= 15 is 0 Å². The monoisotopic (exact) mass is 308 g/mol. The van der Waals surface area contributed by atoms with Gasteiger partial charge in [-0.3, -0.25) is 10.1 Å². The summed E-state index contributed by atoms with van der Waals surface area (Å²) >= 11 is 5.97. The second-order valence-electron chi connectivity index (χ2n) is 4.83. The molecule has 0 bridgehead atoms. The lowest BCUT2D eigenvalue weighted by atomic mass is 10.1. The standard InChI is InChI=1S/C15H17ClN2O3/c1-4-12(17-3)15-6-5-14(21-15)10-8-11(16)13(18(19)20)7-9(10)2/h5-8,12,17H,4H2,1-3H3. The highest BCUT2D eigenvalue weighted by Crippen LogP contribution is 2.35. The third-order valence-electron chi connectivity index (χ3n) is 3.48. The number of nitrogens with zero attached hydrogens (tertiary/aromatic N) is 1. The molecule has 1 atom stereocenters. The van der Waals surface area contributed by atoms with Crippen LogP contribution in [-0.4, -0.2) is 12.0 Å². The molecule has 0 fully saturated rings. The molecule has 1 unspecified atom stereocenters. The highest BCUT2D eigenvalue weighted by molar-refractivity contribution is 6.33. The lowest BCUT2D eigenvalue weighted by molar-refractivity contribution is -0.384. The maximum atomic E-state index is 10.9. The van der Waals surface area contributed by atoms with Crippen LogP contribution in [0.3, 0.4) is 0 Å². The zero-order chi connectivity index (χ0) is 15.6. The van der Waals surface area contributed by atoms with Gasteiger partial charge in [0.15, 0.2) is 0 Å². The molecule has 2 rings (SSSR count). The number of benzene rings is 1. The molecule has 0 saturated heterocycles. The van der Waals surface area contributed by atoms with E-state index in [0.29, 0.717) is 5.76 Å². The van der Waals surface area contributed by atoms with Gasteiger partial charge in [-0.05, 0) is 44.2 Å². The van der Waals surface area contributed by atoms with Crippen molar-refractivity contribution >= 4 is 17.3 Å². The molecule has 0 radical (unpaired) electrons. The Hall–Kier alpha value is -1.85. The van der Waals surface area contributed by atoms with Crippen molar-refractivity contribution in [3.63, 3.8) is 0 Å². The van der Waals surface area contributed by atoms with Crippen molar-refractivity contribution in [3.8, 4) is 11.3 Å². The fraction of sp³-hybridized carbons (Fsp3) is 0.333. The molecule has 1 aromatic carbocycles. The minimum Gasteiger partial charge on any atom is -0.459 e. The van der Waals surface area contributed by atoms with Gasteiger partial charge in [0.1, 0.15) is 16.5 Å². The maximum Gasteiger partial charge on any atom is 0.288 e. The predicted octanol–water partition coefficient (Wildman–Crippen LogP) is 4.49. The molecule has 5 nitrogen and oxygen atoms in total. The summed E-state index contributed by atoms with van der Waals surface area (Å²) in [6, 6.07) is 6.97. The minimum atomic E-state index is -0.485. The van der Waals surface area contributed by atoms with Gasteiger partial charge in [0.05, 0.1) is 11.0 Å². The van der Waals surface area contributed by atoms with Gasteiger partial charge in [0.2, 0.25) is 0 Å². The second-order valence-corrected chi connectivity index (χ2v) is 5.23. The number of furan rings is 1. The SMILES string of the molecule is CCC(NC)c1ccc(-c2cc(Cl)c([N+](=O)[O-])cc2C)o1. The van der Waals surface area contributed by atoms with E-state index < -0.39 is 4.92 Å². The first-order valence-electron chi connectivity index (χ1n) is 6.69. The van der Waals surface area contributed by atoms with E-state index in [4.69, 9.17) is 16.0 Å². The molecule has 21 heavy (non-hydrogen) atoms. The van der Waals surface area contributed by atoms with Gasteiger partial charge in [-0.15, -0.1) is 0 Å². The number of nitro groups is 1. The summed E-state index contributed by atoms with van der Waals surface area (Å²) in [6.07, 6.45) is 0.906. The smallest absolute Gasteiger partial charge is 0.288 e. The van der Waals surface area contributed by atoms with Crippen molar-refractivity contribution in [3.05, 3.63) is 50.7 Å². The first kappa shape index (κ1) is 15.5. The summed E-state index contributed by atoms with van der Waals surface area (Å²) in [4.78, 5) is 10.4. The van der Waals surface area contributed by atoms with Gasteiger partial charge in [0, 0.05) is 11.6 Å². The Bertz CT molecular complexity index is 663. The molecule has 0 aliphatic heterocycles. The maximum absolute atomic E-state index is 10.9. The van der Waals surface area contributed by atoms with Gasteiger partial charge < -0.3 is 9.73 Å². The van der Waals surface area contributed by atoms with Crippen molar-refractivity contribution in [1.29, 1.82) is 0 Å². The van der Waals surface area contributed by atoms with Gasteiger partial charge in [-0.25, -0.2) is 0 Å². The number of rotatable bonds is 5. The molecular formula is C15H17ClN2O3. The lowest BCUT2D eigenvalue weighted by Crippen LogP contribution is -2.14. The zero-order valence-electron chi connectivity index (χ0n) is 12.1. The van der Waals surface area contributed by atoms with E-state index in [2.05, 4.69) is 12.2 Å². The summed E-state index contributed by atoms with van der Waals surface area (Å²) in [7, 11) is 1.88. The Morgan fingerprint density at radius 2 is 2.14 bits per heavy atom. The summed E-state index contributed by atoms with van der Waals surface area (Å²) in [6.45, 7) is 3.87. The third kappa shape index (κ3) is 3.09. The second kappa shape index (κ2) is 6.28. The molecule has 2 aromatic rings. The van der Waals surface area contributed by atoms with Crippen LogP contribution >= 0.6 is 11.6 Å². The molecule has 0 spiro atoms. The zero-order valence-corrected chi connectivity index (χ0v) is 12.9. The fourth-order valence-corrected chi connectivity index (χ4v) is 2.54. The van der Waals surface area contributed by atoms with E-state index in [0.717, 1.165) is 23.3 Å². The van der Waals surface area contributed by atoms with Crippen LogP contribution in [0.2, 0.25) is 5.02 Å². The molecule has 112 valence electrons. The summed E-state index contributed by atoms with van der Waals surface area (Å²) in [5, 5.41) is 14.2. The van der Waals surface area contributed by atoms with Crippen molar-refractivity contribution in [2.45, 2.75) is 26.3 Å². The van der Waals surface area contributed by atoms with Crippen LogP contribution in [0.25, 0.3) is 11.3 Å². The topological polar surface area (TPSA) is 68.3 Å². The minimum absolute atomic E-state index is 0.0913. The molecular weight excluding hydrogens is 292 g/mol. The third-order valence-corrected chi connectivity index (χ3v) is 3.79. The number of aryl methyl sites for hydroxylation is 1. The fourth-order valence-electron chi connectivity index (χ4n) is 2.30. The summed E-state index contributed by atoms with van der Waals surface area (Å²) < 4.78 is 5.86. The van der Waals surface area contributed by atoms with E-state index in [-0.39, 0.29) is 16.8 Å². The molecule has 0 aliphatic carbocycles. The van der Waals surface area contributed by atoms with E-state index in [1.807, 2.05) is 19.2 Å². The first-order valence-corrected chi connectivity index (χ1v) is 7.07. The van der Waals surface area contributed by atoms with E-state index in [9.17, 15) is 10.1 Å². The van der Waals surface area contributed by atoms with Crippen LogP contribution in [0.4, 0.5) is 5.69 Å². The lowest BCUT2D eigenvalue weighted by Gasteiger charge is -2.10. The number of hydrogen-bond acceptors (Lipinski definition) is 4. The number of nitro benzene ring substituents is 1. The van der Waals surface area contributed by atoms with Gasteiger partial charge >= 0.3 is 0 Å². The Morgan fingerprint density at radius 3 is 2.71 bits per heavy atom.